The van der Waals surface area contributed by atoms with Crippen LogP contribution in [0.2, 0.25) is 0 Å². The van der Waals surface area contributed by atoms with E-state index in [0.29, 0.717) is 17.9 Å². The lowest BCUT2D eigenvalue weighted by molar-refractivity contribution is -0.116. The first-order valence-corrected chi connectivity index (χ1v) is 6.38. The molecule has 0 bridgehead atoms. The molecule has 1 heterocycles. The highest BCUT2D eigenvalue weighted by Gasteiger charge is 2.05. The number of para-hydroxylation sites is 2. The van der Waals surface area contributed by atoms with Gasteiger partial charge in [-0.05, 0) is 24.6 Å². The fourth-order valence-electron chi connectivity index (χ4n) is 1.87. The van der Waals surface area contributed by atoms with E-state index in [2.05, 4.69) is 5.32 Å². The van der Waals surface area contributed by atoms with Crippen molar-refractivity contribution in [1.29, 1.82) is 0 Å². The third kappa shape index (κ3) is 3.47. The fourth-order valence-corrected chi connectivity index (χ4v) is 1.87. The Morgan fingerprint density at radius 1 is 1.25 bits per heavy atom. The number of nitrogen functional groups attached to an aromatic ring is 1. The van der Waals surface area contributed by atoms with E-state index in [1.54, 1.807) is 36.5 Å². The second-order valence-electron chi connectivity index (χ2n) is 4.62. The lowest BCUT2D eigenvalue weighted by Crippen LogP contribution is -2.22. The summed E-state index contributed by atoms with van der Waals surface area (Å²) in [5.74, 6) is -0.170. The fraction of sp³-hybridized carbons (Fsp3) is 0.200. The van der Waals surface area contributed by atoms with Gasteiger partial charge >= 0.3 is 0 Å². The number of anilines is 2. The number of benzene rings is 1. The Morgan fingerprint density at radius 3 is 2.75 bits per heavy atom. The van der Waals surface area contributed by atoms with Gasteiger partial charge in [0.05, 0.1) is 11.4 Å². The summed E-state index contributed by atoms with van der Waals surface area (Å²) in [5.41, 5.74) is 7.74. The van der Waals surface area contributed by atoms with Crippen molar-refractivity contribution in [3.63, 3.8) is 0 Å². The lowest BCUT2D eigenvalue weighted by atomic mass is 10.2. The molecule has 5 heteroatoms. The van der Waals surface area contributed by atoms with Crippen LogP contribution < -0.4 is 16.6 Å². The molecule has 0 aliphatic heterocycles. The summed E-state index contributed by atoms with van der Waals surface area (Å²) in [5, 5.41) is 2.74. The molecule has 1 aromatic heterocycles. The van der Waals surface area contributed by atoms with Gasteiger partial charge < -0.3 is 15.6 Å². The number of hydrogen-bond acceptors (Lipinski definition) is 3. The van der Waals surface area contributed by atoms with Gasteiger partial charge in [-0.25, -0.2) is 0 Å². The Hall–Kier alpha value is -2.56. The summed E-state index contributed by atoms with van der Waals surface area (Å²) in [4.78, 5) is 23.5. The number of carbonyl (C=O) groups is 1. The minimum atomic E-state index is -0.170. The van der Waals surface area contributed by atoms with Crippen molar-refractivity contribution in [3.8, 4) is 0 Å². The zero-order valence-corrected chi connectivity index (χ0v) is 11.3. The molecule has 1 amide bonds. The van der Waals surface area contributed by atoms with E-state index in [1.807, 2.05) is 6.92 Å². The van der Waals surface area contributed by atoms with E-state index in [9.17, 15) is 9.59 Å². The van der Waals surface area contributed by atoms with E-state index in [0.717, 1.165) is 5.56 Å². The largest absolute Gasteiger partial charge is 0.397 e. The number of aromatic nitrogens is 1. The predicted molar refractivity (Wildman–Crippen MR) is 79.5 cm³/mol. The Morgan fingerprint density at radius 2 is 2.00 bits per heavy atom. The quantitative estimate of drug-likeness (QED) is 0.832. The van der Waals surface area contributed by atoms with Gasteiger partial charge in [0, 0.05) is 25.2 Å². The molecule has 1 aromatic carbocycles. The number of aryl methyl sites for hydroxylation is 2. The van der Waals surface area contributed by atoms with Crippen LogP contribution in [-0.2, 0) is 11.3 Å². The van der Waals surface area contributed by atoms with Gasteiger partial charge in [0.25, 0.3) is 5.56 Å². The van der Waals surface area contributed by atoms with Crippen LogP contribution in [0.25, 0.3) is 0 Å². The number of nitrogens with one attached hydrogen (secondary N) is 1. The molecular weight excluding hydrogens is 254 g/mol. The van der Waals surface area contributed by atoms with Gasteiger partial charge in [-0.3, -0.25) is 9.59 Å². The zero-order valence-electron chi connectivity index (χ0n) is 11.3. The molecule has 0 atom stereocenters. The number of amides is 1. The number of hydrogen-bond donors (Lipinski definition) is 2. The van der Waals surface area contributed by atoms with Crippen molar-refractivity contribution in [2.45, 2.75) is 19.9 Å². The summed E-state index contributed by atoms with van der Waals surface area (Å²) < 4.78 is 1.53. The molecule has 2 aromatic rings. The Labute approximate surface area is 117 Å². The van der Waals surface area contributed by atoms with E-state index in [1.165, 1.54) is 10.6 Å². The highest BCUT2D eigenvalue weighted by atomic mass is 16.1. The number of pyridine rings is 1. The third-order valence-electron chi connectivity index (χ3n) is 2.95. The molecule has 0 radical (unpaired) electrons. The molecule has 5 nitrogen and oxygen atoms in total. The van der Waals surface area contributed by atoms with E-state index in [4.69, 9.17) is 5.73 Å². The number of nitrogens with two attached hydrogens (primary N) is 1. The Balaban J connectivity index is 1.98. The van der Waals surface area contributed by atoms with Crippen LogP contribution in [-0.4, -0.2) is 10.5 Å². The maximum Gasteiger partial charge on any atom is 0.250 e. The first-order valence-electron chi connectivity index (χ1n) is 6.38. The summed E-state index contributed by atoms with van der Waals surface area (Å²) in [6.07, 6.45) is 1.96. The van der Waals surface area contributed by atoms with Crippen molar-refractivity contribution >= 4 is 17.3 Å². The second kappa shape index (κ2) is 6.06. The molecule has 20 heavy (non-hydrogen) atoms. The van der Waals surface area contributed by atoms with E-state index < -0.39 is 0 Å². The molecule has 104 valence electrons. The topological polar surface area (TPSA) is 77.1 Å². The van der Waals surface area contributed by atoms with Crippen LogP contribution >= 0.6 is 0 Å². The minimum Gasteiger partial charge on any atom is -0.397 e. The average molecular weight is 271 g/mol. The van der Waals surface area contributed by atoms with Crippen LogP contribution in [0, 0.1) is 6.92 Å². The molecule has 0 aliphatic rings. The van der Waals surface area contributed by atoms with Gasteiger partial charge in [-0.1, -0.05) is 18.2 Å². The third-order valence-corrected chi connectivity index (χ3v) is 2.95. The van der Waals surface area contributed by atoms with Gasteiger partial charge in [0.2, 0.25) is 5.91 Å². The molecule has 2 rings (SSSR count). The Kier molecular flexibility index (Phi) is 4.20. The molecule has 0 fully saturated rings. The monoisotopic (exact) mass is 271 g/mol. The molecule has 0 unspecified atom stereocenters. The van der Waals surface area contributed by atoms with Crippen molar-refractivity contribution in [2.24, 2.45) is 0 Å². The van der Waals surface area contributed by atoms with Gasteiger partial charge in [0.1, 0.15) is 0 Å². The summed E-state index contributed by atoms with van der Waals surface area (Å²) >= 11 is 0. The molecule has 3 N–H and O–H groups in total. The van der Waals surface area contributed by atoms with Crippen LogP contribution in [0.4, 0.5) is 11.4 Å². The van der Waals surface area contributed by atoms with Crippen molar-refractivity contribution in [3.05, 3.63) is 58.5 Å². The number of rotatable bonds is 4. The lowest BCUT2D eigenvalue weighted by Gasteiger charge is -2.09. The zero-order chi connectivity index (χ0) is 14.5. The summed E-state index contributed by atoms with van der Waals surface area (Å²) in [6, 6.07) is 10.3. The second-order valence-corrected chi connectivity index (χ2v) is 4.62. The molecule has 0 spiro atoms. The summed E-state index contributed by atoms with van der Waals surface area (Å²) in [6.45, 7) is 2.25. The Bertz CT molecular complexity index is 677. The van der Waals surface area contributed by atoms with E-state index >= 15 is 0 Å². The maximum atomic E-state index is 11.9. The first kappa shape index (κ1) is 13.9. The van der Waals surface area contributed by atoms with Crippen molar-refractivity contribution in [2.75, 3.05) is 11.1 Å². The van der Waals surface area contributed by atoms with Crippen molar-refractivity contribution < 1.29 is 4.79 Å². The molecule has 0 saturated heterocycles. The van der Waals surface area contributed by atoms with Crippen LogP contribution in [0.1, 0.15) is 12.0 Å². The van der Waals surface area contributed by atoms with Crippen LogP contribution in [0.3, 0.4) is 0 Å². The van der Waals surface area contributed by atoms with Gasteiger partial charge in [-0.15, -0.1) is 0 Å². The standard InChI is InChI=1S/C15H17N3O2/c1-11-6-7-15(20)18(10-11)9-8-14(19)17-13-5-3-2-4-12(13)16/h2-7,10H,8-9,16H2,1H3,(H,17,19). The maximum absolute atomic E-state index is 11.9. The minimum absolute atomic E-state index is 0.109. The number of nitrogens with zero attached hydrogens (tertiary/aromatic N) is 1. The highest BCUT2D eigenvalue weighted by Crippen LogP contribution is 2.16. The van der Waals surface area contributed by atoms with Crippen LogP contribution in [0.5, 0.6) is 0 Å². The molecular formula is C15H17N3O2. The summed E-state index contributed by atoms with van der Waals surface area (Å²) in [7, 11) is 0. The van der Waals surface area contributed by atoms with E-state index in [-0.39, 0.29) is 17.9 Å². The average Bonchev–Trinajstić information content (AvgIpc) is 2.42. The van der Waals surface area contributed by atoms with Gasteiger partial charge in [0.15, 0.2) is 0 Å². The highest BCUT2D eigenvalue weighted by molar-refractivity contribution is 5.93. The SMILES string of the molecule is Cc1ccc(=O)n(CCC(=O)Nc2ccccc2N)c1. The van der Waals surface area contributed by atoms with Crippen LogP contribution in [0.15, 0.2) is 47.4 Å². The molecule has 0 saturated carbocycles. The van der Waals surface area contributed by atoms with Crippen molar-refractivity contribution in [1.82, 2.24) is 4.57 Å². The first-order chi connectivity index (χ1) is 9.56. The number of carbonyl (C=O) groups excluding carboxylic acids is 1. The smallest absolute Gasteiger partial charge is 0.250 e. The predicted octanol–water partition coefficient (Wildman–Crippen LogP) is 1.77. The molecule has 0 aliphatic carbocycles. The normalized spacial score (nSPS) is 10.2. The van der Waals surface area contributed by atoms with Gasteiger partial charge in [-0.2, -0.15) is 0 Å².